The van der Waals surface area contributed by atoms with Gasteiger partial charge in [-0.15, -0.1) is 0 Å². The Labute approximate surface area is 91.1 Å². The van der Waals surface area contributed by atoms with Crippen molar-refractivity contribution in [2.75, 3.05) is 0 Å². The third-order valence-electron chi connectivity index (χ3n) is 2.34. The first-order valence-corrected chi connectivity index (χ1v) is 4.86. The molecule has 0 aliphatic carbocycles. The predicted molar refractivity (Wildman–Crippen MR) is 58.5 cm³/mol. The number of benzene rings is 1. The Bertz CT molecular complexity index is 560. The number of H-pyrrole nitrogens is 1. The lowest BCUT2D eigenvalue weighted by Crippen LogP contribution is -1.88. The fourth-order valence-corrected chi connectivity index (χ4v) is 1.47. The van der Waals surface area contributed by atoms with Crippen molar-refractivity contribution >= 4 is 16.7 Å². The number of nitrogens with zero attached hydrogens (tertiary/aromatic N) is 2. The fourth-order valence-electron chi connectivity index (χ4n) is 1.47. The number of nitro benzene ring substituents is 1. The molecule has 0 bridgehead atoms. The summed E-state index contributed by atoms with van der Waals surface area (Å²) in [6.45, 7) is 3.93. The van der Waals surface area contributed by atoms with Gasteiger partial charge in [-0.3, -0.25) is 10.1 Å². The maximum atomic E-state index is 10.6. The molecule has 6 heteroatoms. The van der Waals surface area contributed by atoms with Gasteiger partial charge in [-0.2, -0.15) is 0 Å². The van der Waals surface area contributed by atoms with Crippen LogP contribution >= 0.6 is 0 Å². The summed E-state index contributed by atoms with van der Waals surface area (Å²) in [6, 6.07) is 2.60. The van der Waals surface area contributed by atoms with E-state index in [2.05, 4.69) is 9.97 Å². The molecule has 2 N–H and O–H groups in total. The highest BCUT2D eigenvalue weighted by atomic mass is 16.6. The number of fused-ring (bicyclic) bond motifs is 1. The summed E-state index contributed by atoms with van der Waals surface area (Å²) in [5.74, 6) is 0.586. The molecule has 2 rings (SSSR count). The second kappa shape index (κ2) is 3.48. The molecule has 0 atom stereocenters. The van der Waals surface area contributed by atoms with Gasteiger partial charge in [-0.25, -0.2) is 4.98 Å². The molecule has 0 aliphatic rings. The molecule has 1 aromatic heterocycles. The Morgan fingerprint density at radius 3 is 2.75 bits per heavy atom. The van der Waals surface area contributed by atoms with E-state index in [-0.39, 0.29) is 17.4 Å². The quantitative estimate of drug-likeness (QED) is 0.601. The van der Waals surface area contributed by atoms with Gasteiger partial charge < -0.3 is 10.1 Å². The Balaban J connectivity index is 2.65. The first-order chi connectivity index (χ1) is 7.49. The van der Waals surface area contributed by atoms with Crippen LogP contribution in [0.25, 0.3) is 11.0 Å². The standard InChI is InChI=1S/C10H11N3O3/c1-5(2)10-11-6-3-8(13(15)16)9(14)4-7(6)12-10/h3-5,14H,1-2H3,(H,11,12). The lowest BCUT2D eigenvalue weighted by atomic mass is 10.2. The number of phenols is 1. The number of hydrogen-bond donors (Lipinski definition) is 2. The maximum Gasteiger partial charge on any atom is 0.312 e. The zero-order valence-electron chi connectivity index (χ0n) is 8.89. The fraction of sp³-hybridized carbons (Fsp3) is 0.300. The number of nitro groups is 1. The summed E-state index contributed by atoms with van der Waals surface area (Å²) < 4.78 is 0. The number of aromatic amines is 1. The van der Waals surface area contributed by atoms with Crippen LogP contribution in [0, 0.1) is 10.1 Å². The normalized spacial score (nSPS) is 11.2. The van der Waals surface area contributed by atoms with E-state index in [9.17, 15) is 15.2 Å². The number of aromatic nitrogens is 2. The summed E-state index contributed by atoms with van der Waals surface area (Å²) in [4.78, 5) is 17.2. The molecule has 16 heavy (non-hydrogen) atoms. The van der Waals surface area contributed by atoms with Gasteiger partial charge in [0.1, 0.15) is 5.82 Å². The number of nitrogens with one attached hydrogen (secondary N) is 1. The van der Waals surface area contributed by atoms with Crippen LogP contribution in [-0.4, -0.2) is 20.0 Å². The van der Waals surface area contributed by atoms with Crippen LogP contribution in [0.2, 0.25) is 0 Å². The van der Waals surface area contributed by atoms with Gasteiger partial charge >= 0.3 is 5.69 Å². The second-order valence-corrected chi connectivity index (χ2v) is 3.89. The predicted octanol–water partition coefficient (Wildman–Crippen LogP) is 2.30. The minimum atomic E-state index is -0.620. The molecule has 1 heterocycles. The lowest BCUT2D eigenvalue weighted by molar-refractivity contribution is -0.385. The molecule has 0 fully saturated rings. The summed E-state index contributed by atoms with van der Waals surface area (Å²) in [7, 11) is 0. The molecule has 0 radical (unpaired) electrons. The van der Waals surface area contributed by atoms with Crippen molar-refractivity contribution in [1.82, 2.24) is 9.97 Å². The number of phenolic OH excluding ortho intramolecular Hbond substituents is 1. The molecule has 2 aromatic rings. The highest BCUT2D eigenvalue weighted by Gasteiger charge is 2.16. The van der Waals surface area contributed by atoms with Crippen LogP contribution < -0.4 is 0 Å². The highest BCUT2D eigenvalue weighted by molar-refractivity contribution is 5.81. The average Bonchev–Trinajstić information content (AvgIpc) is 2.58. The minimum Gasteiger partial charge on any atom is -0.502 e. The van der Waals surface area contributed by atoms with Gasteiger partial charge in [-0.1, -0.05) is 13.8 Å². The number of hydrogen-bond acceptors (Lipinski definition) is 4. The van der Waals surface area contributed by atoms with E-state index in [1.54, 1.807) is 0 Å². The van der Waals surface area contributed by atoms with Crippen LogP contribution in [0.15, 0.2) is 12.1 Å². The molecule has 0 spiro atoms. The van der Waals surface area contributed by atoms with Gasteiger partial charge in [0.25, 0.3) is 0 Å². The van der Waals surface area contributed by atoms with E-state index in [4.69, 9.17) is 0 Å². The summed E-state index contributed by atoms with van der Waals surface area (Å²) in [6.07, 6.45) is 0. The second-order valence-electron chi connectivity index (χ2n) is 3.89. The number of aromatic hydroxyl groups is 1. The molecule has 1 aromatic carbocycles. The van der Waals surface area contributed by atoms with Crippen molar-refractivity contribution in [1.29, 1.82) is 0 Å². The van der Waals surface area contributed by atoms with Gasteiger partial charge in [0.05, 0.1) is 16.0 Å². The maximum absolute atomic E-state index is 10.6. The third kappa shape index (κ3) is 1.58. The van der Waals surface area contributed by atoms with Crippen LogP contribution in [0.1, 0.15) is 25.6 Å². The topological polar surface area (TPSA) is 92.1 Å². The monoisotopic (exact) mass is 221 g/mol. The summed E-state index contributed by atoms with van der Waals surface area (Å²) in [5, 5.41) is 20.0. The Hall–Kier alpha value is -2.11. The first-order valence-electron chi connectivity index (χ1n) is 4.86. The largest absolute Gasteiger partial charge is 0.502 e. The molecule has 84 valence electrons. The molecule has 0 aliphatic heterocycles. The van der Waals surface area contributed by atoms with E-state index in [0.717, 1.165) is 5.82 Å². The van der Waals surface area contributed by atoms with Gasteiger partial charge in [0, 0.05) is 18.1 Å². The van der Waals surface area contributed by atoms with Crippen molar-refractivity contribution in [3.05, 3.63) is 28.1 Å². The molecular weight excluding hydrogens is 210 g/mol. The minimum absolute atomic E-state index is 0.202. The molecule has 0 amide bonds. The van der Waals surface area contributed by atoms with E-state index in [0.29, 0.717) is 11.0 Å². The highest BCUT2D eigenvalue weighted by Crippen LogP contribution is 2.30. The van der Waals surface area contributed by atoms with Crippen LogP contribution in [0.3, 0.4) is 0 Å². The lowest BCUT2D eigenvalue weighted by Gasteiger charge is -1.95. The smallest absolute Gasteiger partial charge is 0.312 e. The first kappa shape index (κ1) is 10.4. The molecule has 0 saturated carbocycles. The zero-order chi connectivity index (χ0) is 11.9. The summed E-state index contributed by atoms with van der Waals surface area (Å²) >= 11 is 0. The van der Waals surface area contributed by atoms with Crippen molar-refractivity contribution in [3.63, 3.8) is 0 Å². The van der Waals surface area contributed by atoms with Gasteiger partial charge in [0.2, 0.25) is 0 Å². The van der Waals surface area contributed by atoms with Crippen molar-refractivity contribution in [2.24, 2.45) is 0 Å². The molecule has 6 nitrogen and oxygen atoms in total. The summed E-state index contributed by atoms with van der Waals surface area (Å²) in [5.41, 5.74) is 0.784. The van der Waals surface area contributed by atoms with E-state index in [1.165, 1.54) is 12.1 Å². The Kier molecular flexibility index (Phi) is 2.26. The van der Waals surface area contributed by atoms with Crippen LogP contribution in [0.4, 0.5) is 5.69 Å². The Morgan fingerprint density at radius 2 is 2.19 bits per heavy atom. The molecule has 0 saturated heterocycles. The zero-order valence-corrected chi connectivity index (χ0v) is 8.89. The van der Waals surface area contributed by atoms with Gasteiger partial charge in [-0.05, 0) is 0 Å². The van der Waals surface area contributed by atoms with E-state index in [1.807, 2.05) is 13.8 Å². The van der Waals surface area contributed by atoms with E-state index < -0.39 is 4.92 Å². The van der Waals surface area contributed by atoms with Crippen molar-refractivity contribution in [2.45, 2.75) is 19.8 Å². The van der Waals surface area contributed by atoms with Crippen LogP contribution in [-0.2, 0) is 0 Å². The number of imidazole rings is 1. The molecule has 0 unspecified atom stereocenters. The van der Waals surface area contributed by atoms with Crippen molar-refractivity contribution in [3.8, 4) is 5.75 Å². The molecular formula is C10H11N3O3. The average molecular weight is 221 g/mol. The van der Waals surface area contributed by atoms with E-state index >= 15 is 0 Å². The van der Waals surface area contributed by atoms with Crippen molar-refractivity contribution < 1.29 is 10.0 Å². The SMILES string of the molecule is CC(C)c1nc2cc(O)c([N+](=O)[O-])cc2[nH]1. The number of rotatable bonds is 2. The Morgan fingerprint density at radius 1 is 1.50 bits per heavy atom. The van der Waals surface area contributed by atoms with Gasteiger partial charge in [0.15, 0.2) is 5.75 Å². The van der Waals surface area contributed by atoms with Crippen LogP contribution in [0.5, 0.6) is 5.75 Å². The third-order valence-corrected chi connectivity index (χ3v) is 2.34.